The molecule has 1 saturated carbocycles. The second-order valence-electron chi connectivity index (χ2n) is 7.30. The lowest BCUT2D eigenvalue weighted by atomic mass is 9.97. The van der Waals surface area contributed by atoms with Gasteiger partial charge in [-0.2, -0.15) is 0 Å². The summed E-state index contributed by atoms with van der Waals surface area (Å²) in [6, 6.07) is 17.7. The van der Waals surface area contributed by atoms with Gasteiger partial charge in [0.05, 0.1) is 19.1 Å². The summed E-state index contributed by atoms with van der Waals surface area (Å²) in [5, 5.41) is 3.17. The molecule has 1 aliphatic heterocycles. The van der Waals surface area contributed by atoms with Crippen LogP contribution < -0.4 is 10.1 Å². The second kappa shape index (κ2) is 7.43. The Morgan fingerprint density at radius 1 is 1.07 bits per heavy atom. The molecule has 1 aliphatic carbocycles. The van der Waals surface area contributed by atoms with E-state index in [1.54, 1.807) is 7.11 Å². The summed E-state index contributed by atoms with van der Waals surface area (Å²) >= 11 is 0. The number of amides is 2. The average Bonchev–Trinajstić information content (AvgIpc) is 3.48. The van der Waals surface area contributed by atoms with Gasteiger partial charge in [0.1, 0.15) is 5.75 Å². The van der Waals surface area contributed by atoms with Gasteiger partial charge < -0.3 is 15.0 Å². The molecule has 2 aromatic carbocycles. The topological polar surface area (TPSA) is 58.6 Å². The minimum Gasteiger partial charge on any atom is -0.497 e. The molecule has 5 nitrogen and oxygen atoms in total. The fourth-order valence-corrected chi connectivity index (χ4v) is 3.71. The van der Waals surface area contributed by atoms with E-state index in [-0.39, 0.29) is 23.8 Å². The molecular weight excluding hydrogens is 340 g/mol. The van der Waals surface area contributed by atoms with E-state index in [9.17, 15) is 9.59 Å². The normalized spacial score (nSPS) is 20.4. The van der Waals surface area contributed by atoms with E-state index < -0.39 is 0 Å². The second-order valence-corrected chi connectivity index (χ2v) is 7.30. The van der Waals surface area contributed by atoms with Gasteiger partial charge >= 0.3 is 0 Å². The Bertz CT molecular complexity index is 815. The van der Waals surface area contributed by atoms with Crippen LogP contribution >= 0.6 is 0 Å². The van der Waals surface area contributed by atoms with Crippen molar-refractivity contribution in [1.82, 2.24) is 10.2 Å². The van der Waals surface area contributed by atoms with Crippen LogP contribution in [0.3, 0.4) is 0 Å². The summed E-state index contributed by atoms with van der Waals surface area (Å²) in [5.41, 5.74) is 2.00. The Kier molecular flexibility index (Phi) is 4.84. The summed E-state index contributed by atoms with van der Waals surface area (Å²) < 4.78 is 5.24. The van der Waals surface area contributed by atoms with Crippen molar-refractivity contribution in [3.63, 3.8) is 0 Å². The molecule has 0 spiro atoms. The molecule has 2 amide bonds. The number of nitrogens with one attached hydrogen (secondary N) is 1. The highest BCUT2D eigenvalue weighted by Crippen LogP contribution is 2.33. The number of likely N-dealkylation sites (tertiary alicyclic amines) is 1. The third-order valence-corrected chi connectivity index (χ3v) is 5.39. The number of ether oxygens (including phenoxy) is 1. The molecule has 1 N–H and O–H groups in total. The van der Waals surface area contributed by atoms with E-state index in [4.69, 9.17) is 4.74 Å². The van der Waals surface area contributed by atoms with Crippen molar-refractivity contribution in [1.29, 1.82) is 0 Å². The van der Waals surface area contributed by atoms with E-state index in [1.807, 2.05) is 59.5 Å². The SMILES string of the molecule is COc1ccc([C@H](NC(=O)[C@H]2CC(=O)N(C3CC3)C2)c2ccccc2)cc1. The van der Waals surface area contributed by atoms with E-state index in [2.05, 4.69) is 5.32 Å². The van der Waals surface area contributed by atoms with Crippen LogP contribution in [0.25, 0.3) is 0 Å². The van der Waals surface area contributed by atoms with Crippen LogP contribution in [0.15, 0.2) is 54.6 Å². The maximum absolute atomic E-state index is 12.9. The van der Waals surface area contributed by atoms with Gasteiger partial charge in [0.25, 0.3) is 0 Å². The zero-order chi connectivity index (χ0) is 18.8. The molecule has 5 heteroatoms. The molecule has 0 unspecified atom stereocenters. The van der Waals surface area contributed by atoms with E-state index in [0.717, 1.165) is 29.7 Å². The zero-order valence-electron chi connectivity index (χ0n) is 15.4. The van der Waals surface area contributed by atoms with E-state index >= 15 is 0 Å². The number of methoxy groups -OCH3 is 1. The quantitative estimate of drug-likeness (QED) is 0.857. The number of hydrogen-bond donors (Lipinski definition) is 1. The molecule has 0 radical (unpaired) electrons. The van der Waals surface area contributed by atoms with Crippen LogP contribution in [0.5, 0.6) is 5.75 Å². The van der Waals surface area contributed by atoms with Crippen molar-refractivity contribution in [2.75, 3.05) is 13.7 Å². The molecule has 1 heterocycles. The largest absolute Gasteiger partial charge is 0.497 e. The molecule has 2 atom stereocenters. The van der Waals surface area contributed by atoms with Gasteiger partial charge in [-0.1, -0.05) is 42.5 Å². The molecule has 2 aliphatic rings. The third kappa shape index (κ3) is 3.82. The highest BCUT2D eigenvalue weighted by atomic mass is 16.5. The lowest BCUT2D eigenvalue weighted by Gasteiger charge is -2.22. The minimum atomic E-state index is -0.275. The number of rotatable bonds is 6. The van der Waals surface area contributed by atoms with Crippen molar-refractivity contribution < 1.29 is 14.3 Å². The lowest BCUT2D eigenvalue weighted by molar-refractivity contribution is -0.129. The van der Waals surface area contributed by atoms with Crippen LogP contribution in [0.1, 0.15) is 36.4 Å². The Hall–Kier alpha value is -2.82. The minimum absolute atomic E-state index is 0.0591. The number of benzene rings is 2. The van der Waals surface area contributed by atoms with Gasteiger partial charge in [-0.15, -0.1) is 0 Å². The van der Waals surface area contributed by atoms with Crippen LogP contribution in [0.4, 0.5) is 0 Å². The van der Waals surface area contributed by atoms with Gasteiger partial charge in [-0.25, -0.2) is 0 Å². The van der Waals surface area contributed by atoms with Crippen molar-refractivity contribution >= 4 is 11.8 Å². The lowest BCUT2D eigenvalue weighted by Crippen LogP contribution is -2.36. The van der Waals surface area contributed by atoms with Gasteiger partial charge in [0.2, 0.25) is 11.8 Å². The van der Waals surface area contributed by atoms with Gasteiger partial charge in [-0.3, -0.25) is 9.59 Å². The smallest absolute Gasteiger partial charge is 0.226 e. The molecule has 0 aromatic heterocycles. The molecule has 140 valence electrons. The molecule has 1 saturated heterocycles. The predicted molar refractivity (Wildman–Crippen MR) is 102 cm³/mol. The van der Waals surface area contributed by atoms with Crippen molar-refractivity contribution in [2.45, 2.75) is 31.3 Å². The van der Waals surface area contributed by atoms with Crippen molar-refractivity contribution in [3.8, 4) is 5.75 Å². The molecule has 4 rings (SSSR count). The summed E-state index contributed by atoms with van der Waals surface area (Å²) in [6.07, 6.45) is 2.45. The predicted octanol–water partition coefficient (Wildman–Crippen LogP) is 2.91. The maximum Gasteiger partial charge on any atom is 0.226 e. The van der Waals surface area contributed by atoms with E-state index in [0.29, 0.717) is 19.0 Å². The monoisotopic (exact) mass is 364 g/mol. The number of carbonyl (C=O) groups is 2. The molecular formula is C22H24N2O3. The first kappa shape index (κ1) is 17.6. The summed E-state index contributed by atoms with van der Waals surface area (Å²) in [4.78, 5) is 27.0. The Morgan fingerprint density at radius 2 is 1.74 bits per heavy atom. The molecule has 0 bridgehead atoms. The van der Waals surface area contributed by atoms with Gasteiger partial charge in [0, 0.05) is 19.0 Å². The number of hydrogen-bond acceptors (Lipinski definition) is 3. The van der Waals surface area contributed by atoms with Crippen LogP contribution in [-0.4, -0.2) is 36.4 Å². The molecule has 2 fully saturated rings. The Morgan fingerprint density at radius 3 is 2.37 bits per heavy atom. The van der Waals surface area contributed by atoms with Gasteiger partial charge in [0.15, 0.2) is 0 Å². The van der Waals surface area contributed by atoms with Crippen LogP contribution in [0.2, 0.25) is 0 Å². The summed E-state index contributed by atoms with van der Waals surface area (Å²) in [6.45, 7) is 0.541. The fraction of sp³-hybridized carbons (Fsp3) is 0.364. The Balaban J connectivity index is 1.53. The number of carbonyl (C=O) groups excluding carboxylic acids is 2. The molecule has 2 aromatic rings. The van der Waals surface area contributed by atoms with Crippen molar-refractivity contribution in [3.05, 3.63) is 65.7 Å². The first-order valence-corrected chi connectivity index (χ1v) is 9.44. The number of nitrogens with zero attached hydrogens (tertiary/aromatic N) is 1. The zero-order valence-corrected chi connectivity index (χ0v) is 15.4. The highest BCUT2D eigenvalue weighted by Gasteiger charge is 2.42. The maximum atomic E-state index is 12.9. The first-order valence-electron chi connectivity index (χ1n) is 9.44. The van der Waals surface area contributed by atoms with Crippen LogP contribution in [0, 0.1) is 5.92 Å². The fourth-order valence-electron chi connectivity index (χ4n) is 3.71. The Labute approximate surface area is 159 Å². The summed E-state index contributed by atoms with van der Waals surface area (Å²) in [5.74, 6) is 0.551. The summed E-state index contributed by atoms with van der Waals surface area (Å²) in [7, 11) is 1.63. The van der Waals surface area contributed by atoms with Crippen LogP contribution in [-0.2, 0) is 9.59 Å². The van der Waals surface area contributed by atoms with Gasteiger partial charge in [-0.05, 0) is 36.1 Å². The van der Waals surface area contributed by atoms with E-state index in [1.165, 1.54) is 0 Å². The molecule has 27 heavy (non-hydrogen) atoms. The third-order valence-electron chi connectivity index (χ3n) is 5.39. The first-order chi connectivity index (χ1) is 13.2. The average molecular weight is 364 g/mol. The van der Waals surface area contributed by atoms with Crippen molar-refractivity contribution in [2.24, 2.45) is 5.92 Å². The highest BCUT2D eigenvalue weighted by molar-refractivity contribution is 5.90. The standard InChI is InChI=1S/C22H24N2O3/c1-27-19-11-7-16(8-12-19)21(15-5-3-2-4-6-15)23-22(26)17-13-20(25)24(14-17)18-9-10-18/h2-8,11-12,17-18,21H,9-10,13-14H2,1H3,(H,23,26)/t17-,21+/m0/s1.